The van der Waals surface area contributed by atoms with Crippen molar-refractivity contribution in [3.05, 3.63) is 51.6 Å². The molecule has 0 aliphatic carbocycles. The second-order valence-corrected chi connectivity index (χ2v) is 7.53. The Morgan fingerprint density at radius 2 is 2.03 bits per heavy atom. The quantitative estimate of drug-likeness (QED) is 0.666. The van der Waals surface area contributed by atoms with Crippen molar-refractivity contribution in [2.45, 2.75) is 46.2 Å². The first-order valence-electron chi connectivity index (χ1n) is 9.94. The Morgan fingerprint density at radius 3 is 2.80 bits per heavy atom. The van der Waals surface area contributed by atoms with E-state index in [0.717, 1.165) is 22.9 Å². The summed E-state index contributed by atoms with van der Waals surface area (Å²) >= 11 is 0. The van der Waals surface area contributed by atoms with Crippen molar-refractivity contribution in [1.82, 2.24) is 19.9 Å². The molecule has 0 bridgehead atoms. The smallest absolute Gasteiger partial charge is 0.417 e. The number of aryl methyl sites for hydroxylation is 2. The molecule has 1 fully saturated rings. The molecule has 2 aromatic heterocycles. The number of fused-ring (bicyclic) bond motifs is 1. The van der Waals surface area contributed by atoms with Crippen LogP contribution >= 0.6 is 0 Å². The highest BCUT2D eigenvalue weighted by Gasteiger charge is 2.35. The van der Waals surface area contributed by atoms with Gasteiger partial charge in [-0.05, 0) is 50.8 Å². The number of carbonyl (C=O) groups is 1. The van der Waals surface area contributed by atoms with Gasteiger partial charge < -0.3 is 15.0 Å². The second-order valence-electron chi connectivity index (χ2n) is 7.53. The van der Waals surface area contributed by atoms with Crippen LogP contribution in [0.25, 0.3) is 10.9 Å². The van der Waals surface area contributed by atoms with Gasteiger partial charge in [-0.3, -0.25) is 4.79 Å². The summed E-state index contributed by atoms with van der Waals surface area (Å²) in [5.74, 6) is 1.00. The van der Waals surface area contributed by atoms with Crippen molar-refractivity contribution in [3.63, 3.8) is 0 Å². The molecule has 2 N–H and O–H groups in total. The van der Waals surface area contributed by atoms with Crippen molar-refractivity contribution in [2.24, 2.45) is 0 Å². The summed E-state index contributed by atoms with van der Waals surface area (Å²) in [5.41, 5.74) is 2.30. The highest BCUT2D eigenvalue weighted by atomic mass is 16.6. The second kappa shape index (κ2) is 7.74. The number of rotatable bonds is 5. The van der Waals surface area contributed by atoms with Crippen LogP contribution in [0.4, 0.5) is 16.7 Å². The van der Waals surface area contributed by atoms with Crippen molar-refractivity contribution >= 4 is 28.9 Å². The summed E-state index contributed by atoms with van der Waals surface area (Å²) in [7, 11) is 0. The number of amides is 1. The van der Waals surface area contributed by atoms with Gasteiger partial charge >= 0.3 is 6.09 Å². The van der Waals surface area contributed by atoms with Crippen LogP contribution in [0.15, 0.2) is 29.1 Å². The first-order chi connectivity index (χ1) is 14.4. The normalized spacial score (nSPS) is 17.3. The Bertz CT molecular complexity index is 1180. The molecular formula is C21H24N6O3. The minimum atomic E-state index is -0.465. The molecule has 0 spiro atoms. The third-order valence-electron chi connectivity index (χ3n) is 5.22. The number of H-pyrrole nitrogens is 1. The summed E-state index contributed by atoms with van der Waals surface area (Å²) in [4.78, 5) is 42.2. The van der Waals surface area contributed by atoms with E-state index in [1.807, 2.05) is 45.0 Å². The Balaban J connectivity index is 1.65. The van der Waals surface area contributed by atoms with Gasteiger partial charge in [0.05, 0.1) is 12.1 Å². The fourth-order valence-corrected chi connectivity index (χ4v) is 3.58. The monoisotopic (exact) mass is 408 g/mol. The van der Waals surface area contributed by atoms with Crippen molar-refractivity contribution in [2.75, 3.05) is 16.8 Å². The van der Waals surface area contributed by atoms with Crippen LogP contribution in [0.2, 0.25) is 0 Å². The van der Waals surface area contributed by atoms with Crippen molar-refractivity contribution in [1.29, 1.82) is 0 Å². The molecule has 4 rings (SSSR count). The minimum Gasteiger partial charge on any atom is -0.447 e. The number of benzene rings is 1. The first kappa shape index (κ1) is 19.8. The Kier molecular flexibility index (Phi) is 5.11. The average molecular weight is 408 g/mol. The number of carbonyl (C=O) groups excluding carboxylic acids is 1. The van der Waals surface area contributed by atoms with Crippen molar-refractivity contribution < 1.29 is 9.53 Å². The largest absolute Gasteiger partial charge is 0.447 e. The number of pyridine rings is 1. The number of cyclic esters (lactones) is 1. The van der Waals surface area contributed by atoms with Gasteiger partial charge in [-0.15, -0.1) is 0 Å². The van der Waals surface area contributed by atoms with Crippen LogP contribution in [0.3, 0.4) is 0 Å². The Morgan fingerprint density at radius 1 is 1.23 bits per heavy atom. The number of nitrogens with one attached hydrogen (secondary N) is 2. The predicted octanol–water partition coefficient (Wildman–Crippen LogP) is 3.24. The zero-order valence-corrected chi connectivity index (χ0v) is 17.4. The molecule has 2 atom stereocenters. The fourth-order valence-electron chi connectivity index (χ4n) is 3.58. The summed E-state index contributed by atoms with van der Waals surface area (Å²) in [6.45, 7) is 7.89. The van der Waals surface area contributed by atoms with Gasteiger partial charge in [0.15, 0.2) is 0 Å². The maximum absolute atomic E-state index is 12.6. The van der Waals surface area contributed by atoms with Gasteiger partial charge in [-0.25, -0.2) is 9.69 Å². The number of hydrogen-bond donors (Lipinski definition) is 2. The molecule has 9 nitrogen and oxygen atoms in total. The molecule has 1 aliphatic rings. The van der Waals surface area contributed by atoms with Gasteiger partial charge in [0.25, 0.3) is 5.56 Å². The number of anilines is 2. The van der Waals surface area contributed by atoms with E-state index in [-0.39, 0.29) is 23.6 Å². The van der Waals surface area contributed by atoms with Crippen LogP contribution in [0.1, 0.15) is 43.3 Å². The molecule has 1 amide bonds. The van der Waals surface area contributed by atoms with Crippen LogP contribution < -0.4 is 15.8 Å². The van der Waals surface area contributed by atoms with Gasteiger partial charge in [0.1, 0.15) is 12.4 Å². The molecule has 9 heteroatoms. The SMILES string of the molecule is CC[C@H]1COC(=O)N1c1nc(C)nc(N[C@@H](C)c2cc3cc(C)ccc3[nH]c2=O)n1. The van der Waals surface area contributed by atoms with Gasteiger partial charge in [0.2, 0.25) is 11.9 Å². The predicted molar refractivity (Wildman–Crippen MR) is 114 cm³/mol. The highest BCUT2D eigenvalue weighted by Crippen LogP contribution is 2.24. The van der Waals surface area contributed by atoms with E-state index in [1.165, 1.54) is 4.90 Å². The minimum absolute atomic E-state index is 0.115. The van der Waals surface area contributed by atoms with Crippen LogP contribution in [0.5, 0.6) is 0 Å². The molecule has 0 unspecified atom stereocenters. The molecule has 1 aromatic carbocycles. The van der Waals surface area contributed by atoms with Crippen molar-refractivity contribution in [3.8, 4) is 0 Å². The molecule has 0 radical (unpaired) electrons. The molecule has 1 saturated heterocycles. The third kappa shape index (κ3) is 3.70. The van der Waals surface area contributed by atoms with Gasteiger partial charge in [0, 0.05) is 11.1 Å². The van der Waals surface area contributed by atoms with E-state index >= 15 is 0 Å². The lowest BCUT2D eigenvalue weighted by atomic mass is 10.1. The van der Waals surface area contributed by atoms with Crippen LogP contribution in [-0.2, 0) is 4.74 Å². The summed E-state index contributed by atoms with van der Waals surface area (Å²) in [5, 5.41) is 4.12. The molecular weight excluding hydrogens is 384 g/mol. The Labute approximate surface area is 173 Å². The lowest BCUT2D eigenvalue weighted by Gasteiger charge is -2.20. The summed E-state index contributed by atoms with van der Waals surface area (Å²) in [6, 6.07) is 7.28. The third-order valence-corrected chi connectivity index (χ3v) is 5.22. The van der Waals surface area contributed by atoms with Crippen LogP contribution in [-0.4, -0.2) is 38.7 Å². The van der Waals surface area contributed by atoms with E-state index < -0.39 is 6.09 Å². The Hall–Kier alpha value is -3.49. The van der Waals surface area contributed by atoms with E-state index in [1.54, 1.807) is 6.92 Å². The first-order valence-corrected chi connectivity index (χ1v) is 9.94. The number of ether oxygens (including phenoxy) is 1. The van der Waals surface area contributed by atoms with E-state index in [2.05, 4.69) is 25.3 Å². The molecule has 1 aliphatic heterocycles. The molecule has 3 heterocycles. The van der Waals surface area contributed by atoms with E-state index in [0.29, 0.717) is 23.9 Å². The number of nitrogens with zero attached hydrogens (tertiary/aromatic N) is 4. The van der Waals surface area contributed by atoms with E-state index in [9.17, 15) is 9.59 Å². The molecule has 3 aromatic rings. The number of hydrogen-bond acceptors (Lipinski definition) is 7. The zero-order valence-electron chi connectivity index (χ0n) is 17.4. The fraction of sp³-hybridized carbons (Fsp3) is 0.381. The van der Waals surface area contributed by atoms with Gasteiger partial charge in [-0.2, -0.15) is 15.0 Å². The lowest BCUT2D eigenvalue weighted by molar-refractivity contribution is 0.178. The summed E-state index contributed by atoms with van der Waals surface area (Å²) < 4.78 is 5.14. The van der Waals surface area contributed by atoms with Crippen LogP contribution in [0, 0.1) is 13.8 Å². The topological polar surface area (TPSA) is 113 Å². The molecule has 0 saturated carbocycles. The maximum atomic E-state index is 12.6. The highest BCUT2D eigenvalue weighted by molar-refractivity contribution is 5.88. The van der Waals surface area contributed by atoms with Gasteiger partial charge in [-0.1, -0.05) is 18.6 Å². The zero-order chi connectivity index (χ0) is 21.4. The summed E-state index contributed by atoms with van der Waals surface area (Å²) in [6.07, 6.45) is 0.259. The number of aromatic nitrogens is 4. The standard InChI is InChI=1S/C21H24N6O3/c1-5-15-10-30-21(29)27(15)20-24-13(4)23-19(26-20)22-12(3)16-9-14-8-11(2)6-7-17(14)25-18(16)28/h6-9,12,15H,5,10H2,1-4H3,(H,25,28)(H,22,23,24,26)/t12-,15-/m0/s1. The number of aromatic amines is 1. The average Bonchev–Trinajstić information content (AvgIpc) is 3.07. The maximum Gasteiger partial charge on any atom is 0.417 e. The van der Waals surface area contributed by atoms with E-state index in [4.69, 9.17) is 4.74 Å². The molecule has 156 valence electrons. The lowest BCUT2D eigenvalue weighted by Crippen LogP contribution is -2.35. The molecule has 30 heavy (non-hydrogen) atoms.